The molecule has 0 saturated heterocycles. The number of hydrogen-bond acceptors (Lipinski definition) is 2. The summed E-state index contributed by atoms with van der Waals surface area (Å²) in [6, 6.07) is 16.7. The first-order valence-electron chi connectivity index (χ1n) is 7.29. The lowest BCUT2D eigenvalue weighted by Crippen LogP contribution is -2.16. The molecule has 3 nitrogen and oxygen atoms in total. The Morgan fingerprint density at radius 2 is 1.52 bits per heavy atom. The predicted octanol–water partition coefficient (Wildman–Crippen LogP) is 3.61. The second kappa shape index (κ2) is 5.21. The molecule has 112 valence electrons. The Bertz CT molecular complexity index is 893. The standard InChI is InChI=1S/C19H12ClNO2/c20-13-8-6-11(7-9-13)14-10-15(22)17-16(14)19(23)21-18(17)12-4-2-1-3-5-12/h1-9H,10H2,(H,21,23). The van der Waals surface area contributed by atoms with Crippen LogP contribution in [0.25, 0.3) is 11.3 Å². The molecule has 0 spiro atoms. The molecule has 0 fully saturated rings. The van der Waals surface area contributed by atoms with Crippen molar-refractivity contribution in [1.82, 2.24) is 5.32 Å². The van der Waals surface area contributed by atoms with E-state index in [2.05, 4.69) is 5.32 Å². The lowest BCUT2D eigenvalue weighted by Gasteiger charge is -2.05. The molecule has 0 aromatic heterocycles. The van der Waals surface area contributed by atoms with Crippen molar-refractivity contribution in [3.8, 4) is 0 Å². The van der Waals surface area contributed by atoms with E-state index in [1.165, 1.54) is 0 Å². The first-order chi connectivity index (χ1) is 11.1. The fourth-order valence-corrected chi connectivity index (χ4v) is 3.23. The molecule has 2 aromatic rings. The van der Waals surface area contributed by atoms with Crippen LogP contribution in [0.1, 0.15) is 17.5 Å². The topological polar surface area (TPSA) is 46.2 Å². The van der Waals surface area contributed by atoms with Crippen LogP contribution >= 0.6 is 11.6 Å². The highest BCUT2D eigenvalue weighted by Crippen LogP contribution is 2.42. The van der Waals surface area contributed by atoms with Crippen LogP contribution in [-0.4, -0.2) is 11.7 Å². The van der Waals surface area contributed by atoms with Crippen molar-refractivity contribution >= 4 is 34.6 Å². The van der Waals surface area contributed by atoms with Crippen molar-refractivity contribution in [1.29, 1.82) is 0 Å². The molecule has 0 atom stereocenters. The van der Waals surface area contributed by atoms with Gasteiger partial charge < -0.3 is 5.32 Å². The van der Waals surface area contributed by atoms with Crippen molar-refractivity contribution in [2.24, 2.45) is 0 Å². The van der Waals surface area contributed by atoms with Crippen LogP contribution in [0.2, 0.25) is 5.02 Å². The van der Waals surface area contributed by atoms with E-state index in [9.17, 15) is 9.59 Å². The highest BCUT2D eigenvalue weighted by molar-refractivity contribution is 6.32. The SMILES string of the molecule is O=C1CC(c2ccc(Cl)cc2)=C2C(=O)NC(c3ccccc3)=C12. The number of ketones is 1. The van der Waals surface area contributed by atoms with Gasteiger partial charge in [-0.15, -0.1) is 0 Å². The number of hydrogen-bond donors (Lipinski definition) is 1. The molecule has 1 heterocycles. The zero-order chi connectivity index (χ0) is 16.0. The van der Waals surface area contributed by atoms with Gasteiger partial charge in [-0.3, -0.25) is 9.59 Å². The number of halogens is 1. The van der Waals surface area contributed by atoms with E-state index in [0.717, 1.165) is 16.7 Å². The number of carbonyl (C=O) groups is 2. The smallest absolute Gasteiger partial charge is 0.256 e. The van der Waals surface area contributed by atoms with Gasteiger partial charge in [-0.2, -0.15) is 0 Å². The third kappa shape index (κ3) is 2.21. The van der Waals surface area contributed by atoms with E-state index in [1.54, 1.807) is 12.1 Å². The largest absolute Gasteiger partial charge is 0.321 e. The number of amides is 1. The number of benzene rings is 2. The summed E-state index contributed by atoms with van der Waals surface area (Å²) >= 11 is 5.92. The Morgan fingerprint density at radius 3 is 2.22 bits per heavy atom. The lowest BCUT2D eigenvalue weighted by molar-refractivity contribution is -0.116. The minimum Gasteiger partial charge on any atom is -0.321 e. The number of carbonyl (C=O) groups excluding carboxylic acids is 2. The molecule has 23 heavy (non-hydrogen) atoms. The lowest BCUT2D eigenvalue weighted by atomic mass is 10.0. The van der Waals surface area contributed by atoms with Crippen LogP contribution in [0.3, 0.4) is 0 Å². The highest BCUT2D eigenvalue weighted by atomic mass is 35.5. The maximum atomic E-state index is 12.5. The van der Waals surface area contributed by atoms with Gasteiger partial charge >= 0.3 is 0 Å². The normalized spacial score (nSPS) is 16.9. The van der Waals surface area contributed by atoms with Crippen molar-refractivity contribution in [2.45, 2.75) is 6.42 Å². The van der Waals surface area contributed by atoms with E-state index in [-0.39, 0.29) is 18.1 Å². The molecule has 0 unspecified atom stereocenters. The average Bonchev–Trinajstić information content (AvgIpc) is 3.09. The summed E-state index contributed by atoms with van der Waals surface area (Å²) in [4.78, 5) is 25.0. The zero-order valence-electron chi connectivity index (χ0n) is 12.1. The van der Waals surface area contributed by atoms with E-state index in [4.69, 9.17) is 11.6 Å². The van der Waals surface area contributed by atoms with Crippen molar-refractivity contribution in [2.75, 3.05) is 0 Å². The maximum Gasteiger partial charge on any atom is 0.256 e. The van der Waals surface area contributed by atoms with Gasteiger partial charge in [0.25, 0.3) is 5.91 Å². The van der Waals surface area contributed by atoms with Gasteiger partial charge in [0.2, 0.25) is 0 Å². The molecule has 1 aliphatic carbocycles. The van der Waals surface area contributed by atoms with Crippen LogP contribution in [-0.2, 0) is 9.59 Å². The van der Waals surface area contributed by atoms with Gasteiger partial charge in [-0.25, -0.2) is 0 Å². The van der Waals surface area contributed by atoms with Gasteiger partial charge in [0.1, 0.15) is 0 Å². The zero-order valence-corrected chi connectivity index (χ0v) is 12.9. The third-order valence-corrected chi connectivity index (χ3v) is 4.39. The molecule has 4 rings (SSSR count). The van der Waals surface area contributed by atoms with E-state index in [1.807, 2.05) is 42.5 Å². The second-order valence-corrected chi connectivity index (χ2v) is 5.97. The molecule has 1 aliphatic heterocycles. The van der Waals surface area contributed by atoms with E-state index < -0.39 is 0 Å². The first kappa shape index (κ1) is 14.0. The average molecular weight is 322 g/mol. The van der Waals surface area contributed by atoms with Crippen LogP contribution in [0, 0.1) is 0 Å². The molecule has 1 amide bonds. The van der Waals surface area contributed by atoms with Gasteiger partial charge in [0, 0.05) is 11.4 Å². The summed E-state index contributed by atoms with van der Waals surface area (Å²) in [5, 5.41) is 3.47. The summed E-state index contributed by atoms with van der Waals surface area (Å²) in [6.07, 6.45) is 0.246. The summed E-state index contributed by atoms with van der Waals surface area (Å²) in [6.45, 7) is 0. The molecule has 0 radical (unpaired) electrons. The Hall–Kier alpha value is -2.65. The first-order valence-corrected chi connectivity index (χ1v) is 7.66. The number of rotatable bonds is 2. The monoisotopic (exact) mass is 321 g/mol. The summed E-state index contributed by atoms with van der Waals surface area (Å²) in [5.41, 5.74) is 4.08. The van der Waals surface area contributed by atoms with Crippen LogP contribution in [0.15, 0.2) is 65.7 Å². The Balaban J connectivity index is 1.90. The number of Topliss-reactive ketones (excluding diaryl/α,β-unsaturated/α-hetero) is 1. The minimum absolute atomic E-state index is 0.0258. The molecular weight excluding hydrogens is 310 g/mol. The van der Waals surface area contributed by atoms with E-state index in [0.29, 0.717) is 21.9 Å². The molecule has 2 aromatic carbocycles. The fraction of sp³-hybridized carbons (Fsp3) is 0.0526. The van der Waals surface area contributed by atoms with Gasteiger partial charge in [-0.1, -0.05) is 54.1 Å². The quantitative estimate of drug-likeness (QED) is 0.918. The third-order valence-electron chi connectivity index (χ3n) is 4.14. The molecule has 1 N–H and O–H groups in total. The number of allylic oxidation sites excluding steroid dienone is 1. The van der Waals surface area contributed by atoms with Crippen LogP contribution in [0.4, 0.5) is 0 Å². The number of nitrogens with one attached hydrogen (secondary N) is 1. The number of fused-ring (bicyclic) bond motifs is 1. The van der Waals surface area contributed by atoms with Crippen LogP contribution < -0.4 is 5.32 Å². The Kier molecular flexibility index (Phi) is 3.17. The molecular formula is C19H12ClNO2. The van der Waals surface area contributed by atoms with Crippen molar-refractivity contribution < 1.29 is 9.59 Å². The van der Waals surface area contributed by atoms with Crippen molar-refractivity contribution in [3.05, 3.63) is 81.9 Å². The second-order valence-electron chi connectivity index (χ2n) is 5.53. The molecule has 4 heteroatoms. The summed E-state index contributed by atoms with van der Waals surface area (Å²) in [5.74, 6) is -0.239. The summed E-state index contributed by atoms with van der Waals surface area (Å²) < 4.78 is 0. The van der Waals surface area contributed by atoms with Gasteiger partial charge in [0.05, 0.1) is 16.8 Å². The predicted molar refractivity (Wildman–Crippen MR) is 89.5 cm³/mol. The molecule has 0 saturated carbocycles. The minimum atomic E-state index is -0.213. The van der Waals surface area contributed by atoms with E-state index >= 15 is 0 Å². The molecule has 0 bridgehead atoms. The van der Waals surface area contributed by atoms with Crippen molar-refractivity contribution in [3.63, 3.8) is 0 Å². The Morgan fingerprint density at radius 1 is 0.826 bits per heavy atom. The highest BCUT2D eigenvalue weighted by Gasteiger charge is 2.40. The Labute approximate surface area is 138 Å². The van der Waals surface area contributed by atoms with Gasteiger partial charge in [-0.05, 0) is 28.8 Å². The van der Waals surface area contributed by atoms with Gasteiger partial charge in [0.15, 0.2) is 5.78 Å². The molecule has 2 aliphatic rings. The summed E-state index contributed by atoms with van der Waals surface area (Å²) in [7, 11) is 0. The van der Waals surface area contributed by atoms with Crippen LogP contribution in [0.5, 0.6) is 0 Å². The fourth-order valence-electron chi connectivity index (χ4n) is 3.10. The maximum absolute atomic E-state index is 12.5.